The Balaban J connectivity index is 1.87. The first kappa shape index (κ1) is 14.8. The van der Waals surface area contributed by atoms with E-state index in [0.717, 1.165) is 5.69 Å². The van der Waals surface area contributed by atoms with Crippen LogP contribution in [-0.4, -0.2) is 24.3 Å². The zero-order valence-corrected chi connectivity index (χ0v) is 12.3. The van der Waals surface area contributed by atoms with Gasteiger partial charge in [0.2, 0.25) is 0 Å². The van der Waals surface area contributed by atoms with Gasteiger partial charge in [0, 0.05) is 25.4 Å². The van der Waals surface area contributed by atoms with Crippen LogP contribution < -0.4 is 5.32 Å². The van der Waals surface area contributed by atoms with E-state index in [1.165, 1.54) is 16.1 Å². The lowest BCUT2D eigenvalue weighted by Crippen LogP contribution is -2.27. The molecule has 0 aliphatic heterocycles. The Kier molecular flexibility index (Phi) is 5.10. The third-order valence-electron chi connectivity index (χ3n) is 2.98. The second-order valence-corrected chi connectivity index (χ2v) is 4.81. The third-order valence-corrected chi connectivity index (χ3v) is 2.98. The highest BCUT2D eigenvalue weighted by Crippen LogP contribution is 2.06. The van der Waals surface area contributed by atoms with E-state index >= 15 is 0 Å². The van der Waals surface area contributed by atoms with Crippen molar-refractivity contribution in [3.63, 3.8) is 0 Å². The monoisotopic (exact) mass is 281 g/mol. The van der Waals surface area contributed by atoms with E-state index in [0.29, 0.717) is 6.42 Å². The van der Waals surface area contributed by atoms with Gasteiger partial charge in [-0.3, -0.25) is 0 Å². The molecule has 0 atom stereocenters. The summed E-state index contributed by atoms with van der Waals surface area (Å²) in [6.07, 6.45) is 2.43. The maximum absolute atomic E-state index is 11.9. The fourth-order valence-electron chi connectivity index (χ4n) is 1.89. The highest BCUT2D eigenvalue weighted by Gasteiger charge is 2.05. The van der Waals surface area contributed by atoms with Gasteiger partial charge in [-0.15, -0.1) is 0 Å². The minimum absolute atomic E-state index is 0.262. The first-order chi connectivity index (χ1) is 10.1. The molecule has 0 saturated carbocycles. The molecule has 0 fully saturated rings. The lowest BCUT2D eigenvalue weighted by Gasteiger charge is -2.12. The molecule has 0 aliphatic rings. The molecule has 0 heterocycles. The molecule has 0 aliphatic carbocycles. The summed E-state index contributed by atoms with van der Waals surface area (Å²) in [5.74, 6) is 0. The van der Waals surface area contributed by atoms with Gasteiger partial charge in [0.1, 0.15) is 0 Å². The molecule has 0 bridgehead atoms. The molecule has 2 amide bonds. The summed E-state index contributed by atoms with van der Waals surface area (Å²) in [6.45, 7) is 2.06. The highest BCUT2D eigenvalue weighted by molar-refractivity contribution is 5.89. The summed E-state index contributed by atoms with van der Waals surface area (Å²) < 4.78 is 0. The molecular formula is C17H19N3O. The average Bonchev–Trinajstić information content (AvgIpc) is 2.48. The largest absolute Gasteiger partial charge is 0.341 e. The van der Waals surface area contributed by atoms with Crippen LogP contribution in [-0.2, 0) is 6.42 Å². The van der Waals surface area contributed by atoms with Crippen molar-refractivity contribution in [2.24, 2.45) is 5.10 Å². The van der Waals surface area contributed by atoms with E-state index < -0.39 is 0 Å². The number of amides is 2. The Morgan fingerprint density at radius 2 is 1.95 bits per heavy atom. The zero-order chi connectivity index (χ0) is 15.1. The Labute approximate surface area is 125 Å². The predicted octanol–water partition coefficient (Wildman–Crippen LogP) is 3.69. The quantitative estimate of drug-likeness (QED) is 0.674. The molecule has 4 heteroatoms. The number of carbonyl (C=O) groups excluding carboxylic acids is 1. The molecule has 1 N–H and O–H groups in total. The van der Waals surface area contributed by atoms with Gasteiger partial charge in [-0.1, -0.05) is 48.0 Å². The molecule has 2 aromatic carbocycles. The number of anilines is 1. The van der Waals surface area contributed by atoms with Crippen molar-refractivity contribution in [1.29, 1.82) is 0 Å². The smallest absolute Gasteiger partial charge is 0.306 e. The van der Waals surface area contributed by atoms with Crippen LogP contribution >= 0.6 is 0 Å². The van der Waals surface area contributed by atoms with E-state index in [4.69, 9.17) is 0 Å². The van der Waals surface area contributed by atoms with Crippen molar-refractivity contribution in [2.45, 2.75) is 13.3 Å². The topological polar surface area (TPSA) is 44.7 Å². The first-order valence-corrected chi connectivity index (χ1v) is 6.83. The lowest BCUT2D eigenvalue weighted by atomic mass is 10.1. The van der Waals surface area contributed by atoms with Crippen LogP contribution in [0.1, 0.15) is 11.1 Å². The Bertz CT molecular complexity index is 623. The van der Waals surface area contributed by atoms with E-state index in [2.05, 4.69) is 29.5 Å². The van der Waals surface area contributed by atoms with E-state index in [9.17, 15) is 4.79 Å². The fraction of sp³-hybridized carbons (Fsp3) is 0.176. The van der Waals surface area contributed by atoms with Crippen LogP contribution in [0.3, 0.4) is 0 Å². The minimum atomic E-state index is -0.262. The number of aryl methyl sites for hydroxylation is 1. The fourth-order valence-corrected chi connectivity index (χ4v) is 1.89. The minimum Gasteiger partial charge on any atom is -0.306 e. The van der Waals surface area contributed by atoms with Crippen molar-refractivity contribution >= 4 is 17.9 Å². The van der Waals surface area contributed by atoms with Gasteiger partial charge in [-0.2, -0.15) is 5.10 Å². The molecule has 2 rings (SSSR count). The summed E-state index contributed by atoms with van der Waals surface area (Å²) >= 11 is 0. The summed E-state index contributed by atoms with van der Waals surface area (Å²) in [5, 5.41) is 8.21. The summed E-state index contributed by atoms with van der Waals surface area (Å²) in [5.41, 5.74) is 3.15. The first-order valence-electron chi connectivity index (χ1n) is 6.83. The van der Waals surface area contributed by atoms with Crippen molar-refractivity contribution < 1.29 is 4.79 Å². The van der Waals surface area contributed by atoms with Crippen LogP contribution in [0.4, 0.5) is 10.5 Å². The Morgan fingerprint density at radius 1 is 1.19 bits per heavy atom. The average molecular weight is 281 g/mol. The second-order valence-electron chi connectivity index (χ2n) is 4.81. The number of urea groups is 1. The summed E-state index contributed by atoms with van der Waals surface area (Å²) in [4.78, 5) is 11.9. The zero-order valence-electron chi connectivity index (χ0n) is 12.3. The third kappa shape index (κ3) is 4.76. The van der Waals surface area contributed by atoms with Crippen LogP contribution in [0.5, 0.6) is 0 Å². The maximum atomic E-state index is 11.9. The van der Waals surface area contributed by atoms with E-state index in [1.54, 1.807) is 13.3 Å². The number of benzene rings is 2. The molecule has 0 saturated heterocycles. The van der Waals surface area contributed by atoms with Crippen LogP contribution in [0, 0.1) is 6.92 Å². The SMILES string of the molecule is Cc1cccc(C/C=N/N(C)C(=O)Nc2ccccc2)c1. The number of hydrogen-bond acceptors (Lipinski definition) is 2. The molecular weight excluding hydrogens is 262 g/mol. The van der Waals surface area contributed by atoms with Crippen molar-refractivity contribution in [1.82, 2.24) is 5.01 Å². The molecule has 2 aromatic rings. The van der Waals surface area contributed by atoms with E-state index in [-0.39, 0.29) is 6.03 Å². The molecule has 0 unspecified atom stereocenters. The molecule has 0 radical (unpaired) electrons. The van der Waals surface area contributed by atoms with E-state index in [1.807, 2.05) is 42.5 Å². The number of rotatable bonds is 4. The number of carbonyl (C=O) groups is 1. The van der Waals surface area contributed by atoms with Gasteiger partial charge in [0.05, 0.1) is 0 Å². The van der Waals surface area contributed by atoms with Gasteiger partial charge in [-0.25, -0.2) is 9.80 Å². The van der Waals surface area contributed by atoms with Crippen molar-refractivity contribution in [3.05, 3.63) is 65.7 Å². The van der Waals surface area contributed by atoms with Crippen molar-refractivity contribution in [3.8, 4) is 0 Å². The summed E-state index contributed by atoms with van der Waals surface area (Å²) in [7, 11) is 1.63. The number of nitrogens with zero attached hydrogens (tertiary/aromatic N) is 2. The second kappa shape index (κ2) is 7.24. The Hall–Kier alpha value is -2.62. The number of para-hydroxylation sites is 1. The lowest BCUT2D eigenvalue weighted by molar-refractivity contribution is 0.224. The molecule has 0 aromatic heterocycles. The molecule has 108 valence electrons. The summed E-state index contributed by atoms with van der Waals surface area (Å²) in [6, 6.07) is 17.3. The normalized spacial score (nSPS) is 10.6. The highest BCUT2D eigenvalue weighted by atomic mass is 16.2. The maximum Gasteiger partial charge on any atom is 0.341 e. The van der Waals surface area contributed by atoms with Crippen LogP contribution in [0.15, 0.2) is 59.7 Å². The number of hydrazone groups is 1. The van der Waals surface area contributed by atoms with Gasteiger partial charge < -0.3 is 5.32 Å². The van der Waals surface area contributed by atoms with Crippen LogP contribution in [0.2, 0.25) is 0 Å². The number of hydrogen-bond donors (Lipinski definition) is 1. The molecule has 0 spiro atoms. The number of nitrogens with one attached hydrogen (secondary N) is 1. The van der Waals surface area contributed by atoms with Gasteiger partial charge in [0.25, 0.3) is 0 Å². The predicted molar refractivity (Wildman–Crippen MR) is 86.6 cm³/mol. The molecule has 4 nitrogen and oxygen atoms in total. The van der Waals surface area contributed by atoms with Gasteiger partial charge >= 0.3 is 6.03 Å². The standard InChI is InChI=1S/C17H19N3O/c1-14-7-6-8-15(13-14)11-12-18-20(2)17(21)19-16-9-4-3-5-10-16/h3-10,12-13H,11H2,1-2H3,(H,19,21)/b18-12+. The Morgan fingerprint density at radius 3 is 2.67 bits per heavy atom. The molecule has 21 heavy (non-hydrogen) atoms. The van der Waals surface area contributed by atoms with Gasteiger partial charge in [0.15, 0.2) is 0 Å². The van der Waals surface area contributed by atoms with Crippen molar-refractivity contribution in [2.75, 3.05) is 12.4 Å². The van der Waals surface area contributed by atoms with Crippen LogP contribution in [0.25, 0.3) is 0 Å². The van der Waals surface area contributed by atoms with Gasteiger partial charge in [-0.05, 0) is 24.6 Å².